The van der Waals surface area contributed by atoms with Gasteiger partial charge in [-0.05, 0) is 25.7 Å². The average Bonchev–Trinajstić information content (AvgIpc) is 2.64. The second-order valence-corrected chi connectivity index (χ2v) is 5.32. The molecule has 0 saturated carbocycles. The van der Waals surface area contributed by atoms with Gasteiger partial charge in [0.1, 0.15) is 5.82 Å². The van der Waals surface area contributed by atoms with Crippen LogP contribution in [0.3, 0.4) is 0 Å². The van der Waals surface area contributed by atoms with Gasteiger partial charge in [0.2, 0.25) is 5.91 Å². The van der Waals surface area contributed by atoms with Crippen LogP contribution in [0.15, 0.2) is 0 Å². The van der Waals surface area contributed by atoms with Crippen LogP contribution in [-0.4, -0.2) is 28.8 Å². The van der Waals surface area contributed by atoms with E-state index in [1.54, 1.807) is 0 Å². The summed E-state index contributed by atoms with van der Waals surface area (Å²) in [6.07, 6.45) is 2.50. The van der Waals surface area contributed by atoms with Crippen LogP contribution < -0.4 is 16.4 Å². The third kappa shape index (κ3) is 2.89. The summed E-state index contributed by atoms with van der Waals surface area (Å²) in [5.74, 6) is 1.35. The molecule has 4 N–H and O–H groups in total. The maximum absolute atomic E-state index is 11.0. The summed E-state index contributed by atoms with van der Waals surface area (Å²) in [4.78, 5) is 13.3. The third-order valence-corrected chi connectivity index (χ3v) is 3.92. The molecular weight excluding hydrogens is 242 g/mol. The maximum Gasteiger partial charge on any atom is 0.217 e. The molecule has 2 heterocycles. The Morgan fingerprint density at radius 3 is 2.58 bits per heavy atom. The van der Waals surface area contributed by atoms with E-state index in [0.29, 0.717) is 18.9 Å². The van der Waals surface area contributed by atoms with E-state index in [2.05, 4.69) is 10.00 Å². The highest BCUT2D eigenvalue weighted by atomic mass is 16.1. The standard InChI is InChI=1S/C13H23N5O/c1-9-11(8-14)13(17(2)16-9)18-5-3-10(4-6-18)7-12(15)19/h10H,3-8,14H2,1-2H3,(H2,15,19). The van der Waals surface area contributed by atoms with E-state index in [4.69, 9.17) is 11.5 Å². The molecular formula is C13H23N5O. The number of carbonyl (C=O) groups excluding carboxylic acids is 1. The van der Waals surface area contributed by atoms with Gasteiger partial charge in [-0.1, -0.05) is 0 Å². The van der Waals surface area contributed by atoms with E-state index in [0.717, 1.165) is 43.0 Å². The number of anilines is 1. The van der Waals surface area contributed by atoms with Gasteiger partial charge in [-0.2, -0.15) is 5.10 Å². The van der Waals surface area contributed by atoms with E-state index in [1.165, 1.54) is 0 Å². The lowest BCUT2D eigenvalue weighted by Gasteiger charge is -2.33. The molecule has 1 aromatic heterocycles. The van der Waals surface area contributed by atoms with Crippen molar-refractivity contribution in [3.8, 4) is 0 Å². The van der Waals surface area contributed by atoms with E-state index >= 15 is 0 Å². The zero-order valence-electron chi connectivity index (χ0n) is 11.7. The number of nitrogens with two attached hydrogens (primary N) is 2. The SMILES string of the molecule is Cc1nn(C)c(N2CCC(CC(N)=O)CC2)c1CN. The minimum Gasteiger partial charge on any atom is -0.370 e. The van der Waals surface area contributed by atoms with Crippen LogP contribution in [0, 0.1) is 12.8 Å². The molecule has 6 heteroatoms. The Kier molecular flexibility index (Phi) is 4.09. The van der Waals surface area contributed by atoms with Crippen molar-refractivity contribution in [3.63, 3.8) is 0 Å². The van der Waals surface area contributed by atoms with E-state index in [1.807, 2.05) is 18.7 Å². The van der Waals surface area contributed by atoms with Gasteiger partial charge in [0, 0.05) is 38.7 Å². The highest BCUT2D eigenvalue weighted by molar-refractivity contribution is 5.74. The molecule has 0 radical (unpaired) electrons. The summed E-state index contributed by atoms with van der Waals surface area (Å²) in [5, 5.41) is 4.45. The minimum atomic E-state index is -0.197. The van der Waals surface area contributed by atoms with Crippen molar-refractivity contribution in [2.45, 2.75) is 32.7 Å². The first kappa shape index (κ1) is 13.9. The average molecular weight is 265 g/mol. The fourth-order valence-corrected chi connectivity index (χ4v) is 2.96. The molecule has 1 aliphatic rings. The van der Waals surface area contributed by atoms with Crippen molar-refractivity contribution < 1.29 is 4.79 Å². The Labute approximate surface area is 113 Å². The molecule has 0 bridgehead atoms. The van der Waals surface area contributed by atoms with Gasteiger partial charge in [0.25, 0.3) is 0 Å². The molecule has 1 fully saturated rings. The van der Waals surface area contributed by atoms with Crippen molar-refractivity contribution in [1.29, 1.82) is 0 Å². The second-order valence-electron chi connectivity index (χ2n) is 5.32. The first-order chi connectivity index (χ1) is 9.02. The molecule has 2 rings (SSSR count). The number of aromatic nitrogens is 2. The number of nitrogens with zero attached hydrogens (tertiary/aromatic N) is 3. The van der Waals surface area contributed by atoms with Crippen molar-refractivity contribution in [3.05, 3.63) is 11.3 Å². The van der Waals surface area contributed by atoms with Crippen LogP contribution in [0.1, 0.15) is 30.5 Å². The Bertz CT molecular complexity index is 460. The van der Waals surface area contributed by atoms with Crippen molar-refractivity contribution >= 4 is 11.7 Å². The number of aryl methyl sites for hydroxylation is 2. The first-order valence-corrected chi connectivity index (χ1v) is 6.78. The van der Waals surface area contributed by atoms with Gasteiger partial charge in [-0.15, -0.1) is 0 Å². The molecule has 0 spiro atoms. The fourth-order valence-electron chi connectivity index (χ4n) is 2.96. The number of hydrogen-bond donors (Lipinski definition) is 2. The lowest BCUT2D eigenvalue weighted by molar-refractivity contribution is -0.119. The van der Waals surface area contributed by atoms with Gasteiger partial charge < -0.3 is 16.4 Å². The second kappa shape index (κ2) is 5.61. The van der Waals surface area contributed by atoms with Crippen LogP contribution in [0.25, 0.3) is 0 Å². The zero-order valence-corrected chi connectivity index (χ0v) is 11.7. The normalized spacial score (nSPS) is 16.9. The fraction of sp³-hybridized carbons (Fsp3) is 0.692. The quantitative estimate of drug-likeness (QED) is 0.818. The molecule has 0 unspecified atom stereocenters. The summed E-state index contributed by atoms with van der Waals surface area (Å²) >= 11 is 0. The summed E-state index contributed by atoms with van der Waals surface area (Å²) in [5.41, 5.74) is 13.2. The molecule has 1 aromatic rings. The van der Waals surface area contributed by atoms with Crippen molar-refractivity contribution in [2.24, 2.45) is 24.4 Å². The lowest BCUT2D eigenvalue weighted by Crippen LogP contribution is -2.36. The van der Waals surface area contributed by atoms with Crippen LogP contribution in [-0.2, 0) is 18.4 Å². The Morgan fingerprint density at radius 2 is 2.05 bits per heavy atom. The molecule has 6 nitrogen and oxygen atoms in total. The minimum absolute atomic E-state index is 0.197. The molecule has 106 valence electrons. The van der Waals surface area contributed by atoms with Crippen molar-refractivity contribution in [2.75, 3.05) is 18.0 Å². The molecule has 0 aromatic carbocycles. The molecule has 0 aliphatic carbocycles. The molecule has 1 saturated heterocycles. The molecule has 1 amide bonds. The number of rotatable bonds is 4. The van der Waals surface area contributed by atoms with Crippen LogP contribution in [0.4, 0.5) is 5.82 Å². The molecule has 19 heavy (non-hydrogen) atoms. The number of carbonyl (C=O) groups is 1. The summed E-state index contributed by atoms with van der Waals surface area (Å²) in [7, 11) is 1.96. The number of piperidine rings is 1. The number of primary amides is 1. The highest BCUT2D eigenvalue weighted by Crippen LogP contribution is 2.28. The summed E-state index contributed by atoms with van der Waals surface area (Å²) in [6, 6.07) is 0. The van der Waals surface area contributed by atoms with Crippen LogP contribution in [0.5, 0.6) is 0 Å². The largest absolute Gasteiger partial charge is 0.370 e. The predicted molar refractivity (Wildman–Crippen MR) is 74.6 cm³/mol. The Balaban J connectivity index is 2.07. The predicted octanol–water partition coefficient (Wildman–Crippen LogP) is 0.279. The topological polar surface area (TPSA) is 90.2 Å². The maximum atomic E-state index is 11.0. The zero-order chi connectivity index (χ0) is 14.0. The van der Waals surface area contributed by atoms with Gasteiger partial charge in [-0.25, -0.2) is 0 Å². The van der Waals surface area contributed by atoms with Crippen molar-refractivity contribution in [1.82, 2.24) is 9.78 Å². The monoisotopic (exact) mass is 265 g/mol. The summed E-state index contributed by atoms with van der Waals surface area (Å²) < 4.78 is 1.91. The smallest absolute Gasteiger partial charge is 0.217 e. The Morgan fingerprint density at radius 1 is 1.42 bits per heavy atom. The molecule has 0 atom stereocenters. The van der Waals surface area contributed by atoms with E-state index < -0.39 is 0 Å². The van der Waals surface area contributed by atoms with Gasteiger partial charge >= 0.3 is 0 Å². The summed E-state index contributed by atoms with van der Waals surface area (Å²) in [6.45, 7) is 4.37. The van der Waals surface area contributed by atoms with Gasteiger partial charge in [0.05, 0.1) is 5.69 Å². The van der Waals surface area contributed by atoms with E-state index in [9.17, 15) is 4.79 Å². The van der Waals surface area contributed by atoms with Gasteiger partial charge in [0.15, 0.2) is 0 Å². The first-order valence-electron chi connectivity index (χ1n) is 6.78. The number of amides is 1. The van der Waals surface area contributed by atoms with Gasteiger partial charge in [-0.3, -0.25) is 9.48 Å². The third-order valence-electron chi connectivity index (χ3n) is 3.92. The Hall–Kier alpha value is -1.56. The number of hydrogen-bond acceptors (Lipinski definition) is 4. The highest BCUT2D eigenvalue weighted by Gasteiger charge is 2.25. The van der Waals surface area contributed by atoms with E-state index in [-0.39, 0.29) is 5.91 Å². The molecule has 1 aliphatic heterocycles. The van der Waals surface area contributed by atoms with Crippen LogP contribution in [0.2, 0.25) is 0 Å². The van der Waals surface area contributed by atoms with Crippen LogP contribution >= 0.6 is 0 Å². The lowest BCUT2D eigenvalue weighted by atomic mass is 9.93.